The van der Waals surface area contributed by atoms with Gasteiger partial charge in [0.25, 0.3) is 11.8 Å². The predicted octanol–water partition coefficient (Wildman–Crippen LogP) is 1.01. The van der Waals surface area contributed by atoms with Crippen LogP contribution < -0.4 is 10.1 Å². The van der Waals surface area contributed by atoms with Gasteiger partial charge in [0.1, 0.15) is 5.52 Å². The molecule has 9 heteroatoms. The van der Waals surface area contributed by atoms with Crippen LogP contribution in [0.2, 0.25) is 0 Å². The fourth-order valence-corrected chi connectivity index (χ4v) is 3.05. The summed E-state index contributed by atoms with van der Waals surface area (Å²) in [6, 6.07) is 3.59. The number of amides is 2. The topological polar surface area (TPSA) is 113 Å². The molecule has 0 saturated carbocycles. The molecule has 1 aliphatic heterocycles. The molecule has 0 aromatic carbocycles. The first-order valence-electron chi connectivity index (χ1n) is 8.54. The summed E-state index contributed by atoms with van der Waals surface area (Å²) in [7, 11) is 1.47. The molecule has 27 heavy (non-hydrogen) atoms. The van der Waals surface area contributed by atoms with Crippen molar-refractivity contribution in [3.8, 4) is 5.88 Å². The molecule has 2 amide bonds. The highest BCUT2D eigenvalue weighted by Gasteiger charge is 2.34. The smallest absolute Gasteiger partial charge is 0.274 e. The van der Waals surface area contributed by atoms with Crippen LogP contribution in [0.4, 0.5) is 0 Å². The number of nitrogens with one attached hydrogen (secondary N) is 2. The lowest BCUT2D eigenvalue weighted by Crippen LogP contribution is -2.56. The van der Waals surface area contributed by atoms with Crippen LogP contribution in [0.1, 0.15) is 27.3 Å². The van der Waals surface area contributed by atoms with Gasteiger partial charge in [-0.3, -0.25) is 19.6 Å². The largest absolute Gasteiger partial charge is 0.480 e. The van der Waals surface area contributed by atoms with Crippen LogP contribution in [0.25, 0.3) is 11.0 Å². The highest BCUT2D eigenvalue weighted by atomic mass is 16.5. The first-order valence-corrected chi connectivity index (χ1v) is 8.54. The first-order chi connectivity index (χ1) is 13.2. The standard InChI is InChI=1S/C18H18N6O3/c1-27-15-10-19-9-14(23-15)18(26)24-6-4-11(24)7-22-17(25)12-8-21-13-3-2-5-20-16(12)13/h2-3,5,8-11,21H,4,6-7H2,1H3,(H,22,25). The number of pyridine rings is 1. The van der Waals surface area contributed by atoms with Gasteiger partial charge in [0.05, 0.1) is 36.6 Å². The molecule has 2 N–H and O–H groups in total. The minimum Gasteiger partial charge on any atom is -0.480 e. The molecule has 4 heterocycles. The van der Waals surface area contributed by atoms with E-state index in [1.54, 1.807) is 23.4 Å². The van der Waals surface area contributed by atoms with Gasteiger partial charge < -0.3 is 19.9 Å². The maximum Gasteiger partial charge on any atom is 0.274 e. The van der Waals surface area contributed by atoms with Crippen LogP contribution in [-0.4, -0.2) is 62.9 Å². The van der Waals surface area contributed by atoms with Crippen LogP contribution in [0.3, 0.4) is 0 Å². The Morgan fingerprint density at radius 2 is 2.30 bits per heavy atom. The second-order valence-electron chi connectivity index (χ2n) is 6.20. The van der Waals surface area contributed by atoms with Gasteiger partial charge >= 0.3 is 0 Å². The number of hydrogen-bond acceptors (Lipinski definition) is 6. The predicted molar refractivity (Wildman–Crippen MR) is 96.5 cm³/mol. The number of fused-ring (bicyclic) bond motifs is 1. The van der Waals surface area contributed by atoms with Crippen molar-refractivity contribution in [1.82, 2.24) is 30.2 Å². The highest BCUT2D eigenvalue weighted by Crippen LogP contribution is 2.20. The van der Waals surface area contributed by atoms with Gasteiger partial charge in [-0.2, -0.15) is 0 Å². The molecule has 0 aliphatic carbocycles. The average molecular weight is 366 g/mol. The summed E-state index contributed by atoms with van der Waals surface area (Å²) in [5.74, 6) is -0.154. The average Bonchev–Trinajstić information content (AvgIpc) is 3.11. The van der Waals surface area contributed by atoms with Gasteiger partial charge in [-0.15, -0.1) is 0 Å². The van der Waals surface area contributed by atoms with Crippen molar-refractivity contribution < 1.29 is 14.3 Å². The summed E-state index contributed by atoms with van der Waals surface area (Å²) in [6.07, 6.45) is 6.96. The van der Waals surface area contributed by atoms with Crippen molar-refractivity contribution in [2.24, 2.45) is 0 Å². The summed E-state index contributed by atoms with van der Waals surface area (Å²) in [4.78, 5) is 42.1. The number of H-pyrrole nitrogens is 1. The SMILES string of the molecule is COc1cncc(C(=O)N2CCC2CNC(=O)c2c[nH]c3cccnc23)n1. The molecule has 138 valence electrons. The van der Waals surface area contributed by atoms with Gasteiger partial charge in [0, 0.05) is 25.5 Å². The number of carbonyl (C=O) groups is 2. The molecular weight excluding hydrogens is 348 g/mol. The number of nitrogens with zero attached hydrogens (tertiary/aromatic N) is 4. The van der Waals surface area contributed by atoms with E-state index in [0.717, 1.165) is 11.9 Å². The second-order valence-corrected chi connectivity index (χ2v) is 6.20. The maximum absolute atomic E-state index is 12.6. The Morgan fingerprint density at radius 3 is 3.07 bits per heavy atom. The molecule has 0 bridgehead atoms. The molecule has 1 atom stereocenters. The van der Waals surface area contributed by atoms with Crippen molar-refractivity contribution in [3.63, 3.8) is 0 Å². The van der Waals surface area contributed by atoms with Crippen molar-refractivity contribution >= 4 is 22.8 Å². The van der Waals surface area contributed by atoms with Crippen molar-refractivity contribution in [1.29, 1.82) is 0 Å². The lowest BCUT2D eigenvalue weighted by molar-refractivity contribution is 0.0448. The molecule has 1 fully saturated rings. The Balaban J connectivity index is 1.40. The highest BCUT2D eigenvalue weighted by molar-refractivity contribution is 6.05. The Labute approximate surface area is 154 Å². The van der Waals surface area contributed by atoms with E-state index < -0.39 is 0 Å². The zero-order valence-corrected chi connectivity index (χ0v) is 14.7. The fourth-order valence-electron chi connectivity index (χ4n) is 3.05. The van der Waals surface area contributed by atoms with Gasteiger partial charge in [0.2, 0.25) is 5.88 Å². The van der Waals surface area contributed by atoms with E-state index in [1.807, 2.05) is 6.07 Å². The van der Waals surface area contributed by atoms with Crippen LogP contribution in [0.5, 0.6) is 5.88 Å². The number of aromatic nitrogens is 4. The van der Waals surface area contributed by atoms with Crippen LogP contribution in [-0.2, 0) is 0 Å². The molecule has 3 aromatic heterocycles. The third-order valence-corrected chi connectivity index (χ3v) is 4.62. The van der Waals surface area contributed by atoms with Crippen molar-refractivity contribution in [3.05, 3.63) is 48.2 Å². The molecule has 1 unspecified atom stereocenters. The number of hydrogen-bond donors (Lipinski definition) is 2. The number of aromatic amines is 1. The van der Waals surface area contributed by atoms with Crippen LogP contribution >= 0.6 is 0 Å². The Bertz CT molecular complexity index is 1000. The third kappa shape index (κ3) is 3.19. The third-order valence-electron chi connectivity index (χ3n) is 4.62. The van der Waals surface area contributed by atoms with E-state index in [1.165, 1.54) is 19.5 Å². The van der Waals surface area contributed by atoms with Gasteiger partial charge in [-0.1, -0.05) is 0 Å². The molecule has 4 rings (SSSR count). The molecule has 3 aromatic rings. The molecule has 9 nitrogen and oxygen atoms in total. The van der Waals surface area contributed by atoms with E-state index in [2.05, 4.69) is 25.3 Å². The van der Waals surface area contributed by atoms with E-state index in [-0.39, 0.29) is 29.4 Å². The summed E-state index contributed by atoms with van der Waals surface area (Å²) < 4.78 is 5.01. The Kier molecular flexibility index (Phi) is 4.41. The Morgan fingerprint density at radius 1 is 1.41 bits per heavy atom. The van der Waals surface area contributed by atoms with E-state index in [9.17, 15) is 9.59 Å². The second kappa shape index (κ2) is 7.02. The molecule has 0 spiro atoms. The van der Waals surface area contributed by atoms with E-state index >= 15 is 0 Å². The van der Waals surface area contributed by atoms with Gasteiger partial charge in [-0.05, 0) is 18.6 Å². The monoisotopic (exact) mass is 366 g/mol. The minimum absolute atomic E-state index is 0.0763. The first kappa shape index (κ1) is 17.0. The van der Waals surface area contributed by atoms with Gasteiger partial charge in [0.15, 0.2) is 5.69 Å². The number of ether oxygens (including phenoxy) is 1. The lowest BCUT2D eigenvalue weighted by Gasteiger charge is -2.40. The van der Waals surface area contributed by atoms with Crippen LogP contribution in [0, 0.1) is 0 Å². The van der Waals surface area contributed by atoms with Crippen LogP contribution in [0.15, 0.2) is 36.9 Å². The Hall–Kier alpha value is -3.49. The zero-order valence-electron chi connectivity index (χ0n) is 14.7. The normalized spacial score (nSPS) is 16.0. The van der Waals surface area contributed by atoms with E-state index in [4.69, 9.17) is 4.74 Å². The summed E-state index contributed by atoms with van der Waals surface area (Å²) >= 11 is 0. The van der Waals surface area contributed by atoms with Gasteiger partial charge in [-0.25, -0.2) is 4.98 Å². The number of carbonyl (C=O) groups excluding carboxylic acids is 2. The molecule has 1 aliphatic rings. The van der Waals surface area contributed by atoms with E-state index in [0.29, 0.717) is 24.2 Å². The van der Waals surface area contributed by atoms with Crippen molar-refractivity contribution in [2.45, 2.75) is 12.5 Å². The summed E-state index contributed by atoms with van der Waals surface area (Å²) in [5, 5.41) is 2.88. The summed E-state index contributed by atoms with van der Waals surface area (Å²) in [6.45, 7) is 0.981. The lowest BCUT2D eigenvalue weighted by atomic mass is 10.0. The minimum atomic E-state index is -0.222. The fraction of sp³-hybridized carbons (Fsp3) is 0.278. The van der Waals surface area contributed by atoms with Crippen molar-refractivity contribution in [2.75, 3.05) is 20.2 Å². The number of likely N-dealkylation sites (tertiary alicyclic amines) is 1. The quantitative estimate of drug-likeness (QED) is 0.697. The maximum atomic E-state index is 12.6. The number of rotatable bonds is 5. The molecular formula is C18H18N6O3. The molecule has 0 radical (unpaired) electrons. The number of methoxy groups -OCH3 is 1. The summed E-state index contributed by atoms with van der Waals surface area (Å²) in [5.41, 5.74) is 2.15. The zero-order chi connectivity index (χ0) is 18.8. The molecule has 1 saturated heterocycles.